The molecule has 1 fully saturated rings. The molecule has 3 aromatic rings. The monoisotopic (exact) mass is 338 g/mol. The molecule has 0 bridgehead atoms. The molecule has 4 rings (SSSR count). The zero-order valence-corrected chi connectivity index (χ0v) is 14.6. The van der Waals surface area contributed by atoms with Gasteiger partial charge in [0.1, 0.15) is 11.6 Å². The van der Waals surface area contributed by atoms with Crippen LogP contribution in [-0.2, 0) is 13.1 Å². The predicted molar refractivity (Wildman–Crippen MR) is 92.7 cm³/mol. The van der Waals surface area contributed by atoms with E-state index >= 15 is 0 Å². The highest BCUT2D eigenvalue weighted by atomic mass is 16.5. The Hall–Kier alpha value is -2.54. The molecule has 0 radical (unpaired) electrons. The zero-order valence-electron chi connectivity index (χ0n) is 14.6. The van der Waals surface area contributed by atoms with Gasteiger partial charge in [0.25, 0.3) is 5.89 Å². The van der Waals surface area contributed by atoms with Gasteiger partial charge in [0.2, 0.25) is 0 Å². The fourth-order valence-electron chi connectivity index (χ4n) is 3.44. The molecule has 2 aromatic heterocycles. The summed E-state index contributed by atoms with van der Waals surface area (Å²) in [6.07, 6.45) is 2.34. The normalized spacial score (nSPS) is 18.1. The zero-order chi connectivity index (χ0) is 17.2. The highest BCUT2D eigenvalue weighted by Gasteiger charge is 2.27. The maximum absolute atomic E-state index is 5.42. The molecule has 1 aromatic carbocycles. The summed E-state index contributed by atoms with van der Waals surface area (Å²) in [5, 5.41) is 8.64. The van der Waals surface area contributed by atoms with Crippen molar-refractivity contribution in [3.63, 3.8) is 0 Å². The quantitative estimate of drug-likeness (QED) is 0.712. The highest BCUT2D eigenvalue weighted by Crippen LogP contribution is 2.22. The maximum Gasteiger partial charge on any atom is 0.257 e. The van der Waals surface area contributed by atoms with Crippen molar-refractivity contribution in [1.29, 1.82) is 0 Å². The van der Waals surface area contributed by atoms with Crippen molar-refractivity contribution in [2.45, 2.75) is 45.8 Å². The summed E-state index contributed by atoms with van der Waals surface area (Å²) in [4.78, 5) is 11.4. The summed E-state index contributed by atoms with van der Waals surface area (Å²) in [7, 11) is 0. The van der Waals surface area contributed by atoms with Crippen LogP contribution in [0.5, 0.6) is 0 Å². The Kier molecular flexibility index (Phi) is 4.31. The van der Waals surface area contributed by atoms with Crippen molar-refractivity contribution in [3.8, 4) is 11.5 Å². The molecule has 3 heterocycles. The summed E-state index contributed by atoms with van der Waals surface area (Å²) in [6, 6.07) is 10.3. The van der Waals surface area contributed by atoms with Crippen LogP contribution < -0.4 is 0 Å². The summed E-state index contributed by atoms with van der Waals surface area (Å²) < 4.78 is 7.43. The standard InChI is InChI=1S/C18H22N6O/c1-13-19-14(2)24(21-13)11-16-9-6-10-23(16)12-17-20-18(25-22-17)15-7-4-3-5-8-15/h3-5,7-8,16H,6,9-12H2,1-2H3. The maximum atomic E-state index is 5.42. The predicted octanol–water partition coefficient (Wildman–Crippen LogP) is 2.61. The number of hydrogen-bond acceptors (Lipinski definition) is 6. The number of rotatable bonds is 5. The lowest BCUT2D eigenvalue weighted by Crippen LogP contribution is -2.33. The number of likely N-dealkylation sites (tertiary alicyclic amines) is 1. The molecule has 0 aliphatic carbocycles. The lowest BCUT2D eigenvalue weighted by Gasteiger charge is -2.23. The Morgan fingerprint density at radius 3 is 2.76 bits per heavy atom. The topological polar surface area (TPSA) is 72.9 Å². The number of aromatic nitrogens is 5. The van der Waals surface area contributed by atoms with Crippen molar-refractivity contribution < 1.29 is 4.52 Å². The van der Waals surface area contributed by atoms with Gasteiger partial charge in [0.05, 0.1) is 13.1 Å². The first kappa shape index (κ1) is 16.0. The minimum Gasteiger partial charge on any atom is -0.334 e. The van der Waals surface area contributed by atoms with Crippen LogP contribution in [0.1, 0.15) is 30.3 Å². The average molecular weight is 338 g/mol. The molecule has 7 heteroatoms. The first-order chi connectivity index (χ1) is 12.2. The van der Waals surface area contributed by atoms with Crippen LogP contribution in [-0.4, -0.2) is 42.4 Å². The Balaban J connectivity index is 1.45. The molecule has 0 spiro atoms. The van der Waals surface area contributed by atoms with Crippen molar-refractivity contribution in [1.82, 2.24) is 29.8 Å². The van der Waals surface area contributed by atoms with Crippen LogP contribution >= 0.6 is 0 Å². The Morgan fingerprint density at radius 2 is 2.00 bits per heavy atom. The molecule has 1 atom stereocenters. The average Bonchev–Trinajstić information content (AvgIpc) is 3.32. The molecule has 1 aliphatic rings. The lowest BCUT2D eigenvalue weighted by atomic mass is 10.2. The molecule has 0 amide bonds. The van der Waals surface area contributed by atoms with Gasteiger partial charge in [0, 0.05) is 11.6 Å². The third kappa shape index (κ3) is 3.46. The van der Waals surface area contributed by atoms with Crippen molar-refractivity contribution in [2.24, 2.45) is 0 Å². The van der Waals surface area contributed by atoms with E-state index in [2.05, 4.69) is 25.1 Å². The van der Waals surface area contributed by atoms with Gasteiger partial charge in [0.15, 0.2) is 5.82 Å². The minimum atomic E-state index is 0.429. The summed E-state index contributed by atoms with van der Waals surface area (Å²) in [6.45, 7) is 6.54. The smallest absolute Gasteiger partial charge is 0.257 e. The fourth-order valence-corrected chi connectivity index (χ4v) is 3.44. The van der Waals surface area contributed by atoms with E-state index in [9.17, 15) is 0 Å². The summed E-state index contributed by atoms with van der Waals surface area (Å²) >= 11 is 0. The molecular formula is C18H22N6O. The van der Waals surface area contributed by atoms with Gasteiger partial charge in [-0.1, -0.05) is 23.4 Å². The summed E-state index contributed by atoms with van der Waals surface area (Å²) in [5.74, 6) is 3.11. The van der Waals surface area contributed by atoms with Crippen molar-refractivity contribution >= 4 is 0 Å². The molecule has 0 saturated carbocycles. The summed E-state index contributed by atoms with van der Waals surface area (Å²) in [5.41, 5.74) is 0.952. The van der Waals surface area contributed by atoms with E-state index in [1.165, 1.54) is 6.42 Å². The van der Waals surface area contributed by atoms with E-state index in [-0.39, 0.29) is 0 Å². The van der Waals surface area contributed by atoms with Gasteiger partial charge in [-0.15, -0.1) is 0 Å². The van der Waals surface area contributed by atoms with Crippen LogP contribution in [0.3, 0.4) is 0 Å². The van der Waals surface area contributed by atoms with Crippen molar-refractivity contribution in [2.75, 3.05) is 6.54 Å². The van der Waals surface area contributed by atoms with Gasteiger partial charge in [-0.05, 0) is 45.4 Å². The molecule has 1 saturated heterocycles. The van der Waals surface area contributed by atoms with E-state index in [1.54, 1.807) is 0 Å². The molecule has 7 nitrogen and oxygen atoms in total. The fraction of sp³-hybridized carbons (Fsp3) is 0.444. The van der Waals surface area contributed by atoms with Crippen LogP contribution in [0.15, 0.2) is 34.9 Å². The van der Waals surface area contributed by atoms with Crippen LogP contribution in [0.2, 0.25) is 0 Å². The van der Waals surface area contributed by atoms with E-state index in [0.717, 1.165) is 42.5 Å². The van der Waals surface area contributed by atoms with Gasteiger partial charge in [-0.3, -0.25) is 4.90 Å². The minimum absolute atomic E-state index is 0.429. The molecule has 0 N–H and O–H groups in total. The molecule has 1 aliphatic heterocycles. The highest BCUT2D eigenvalue weighted by molar-refractivity contribution is 5.51. The second kappa shape index (κ2) is 6.76. The SMILES string of the molecule is Cc1nc(C)n(CC2CCCN2Cc2noc(-c3ccccc3)n2)n1. The molecular weight excluding hydrogens is 316 g/mol. The first-order valence-corrected chi connectivity index (χ1v) is 8.69. The van der Waals surface area contributed by atoms with Crippen LogP contribution in [0.25, 0.3) is 11.5 Å². The second-order valence-corrected chi connectivity index (χ2v) is 6.54. The third-order valence-electron chi connectivity index (χ3n) is 4.68. The largest absolute Gasteiger partial charge is 0.334 e. The van der Waals surface area contributed by atoms with Crippen LogP contribution in [0, 0.1) is 13.8 Å². The number of nitrogens with zero attached hydrogens (tertiary/aromatic N) is 6. The van der Waals surface area contributed by atoms with E-state index in [1.807, 2.05) is 48.9 Å². The van der Waals surface area contributed by atoms with Gasteiger partial charge in [-0.2, -0.15) is 10.1 Å². The Bertz CT molecular complexity index is 840. The number of aryl methyl sites for hydroxylation is 2. The van der Waals surface area contributed by atoms with Gasteiger partial charge >= 0.3 is 0 Å². The lowest BCUT2D eigenvalue weighted by molar-refractivity contribution is 0.210. The van der Waals surface area contributed by atoms with E-state index in [4.69, 9.17) is 4.52 Å². The van der Waals surface area contributed by atoms with Crippen LogP contribution in [0.4, 0.5) is 0 Å². The van der Waals surface area contributed by atoms with E-state index in [0.29, 0.717) is 18.5 Å². The third-order valence-corrected chi connectivity index (χ3v) is 4.68. The van der Waals surface area contributed by atoms with Gasteiger partial charge in [-0.25, -0.2) is 9.67 Å². The first-order valence-electron chi connectivity index (χ1n) is 8.69. The van der Waals surface area contributed by atoms with Crippen molar-refractivity contribution in [3.05, 3.63) is 47.8 Å². The van der Waals surface area contributed by atoms with Gasteiger partial charge < -0.3 is 4.52 Å². The molecule has 1 unspecified atom stereocenters. The second-order valence-electron chi connectivity index (χ2n) is 6.54. The number of benzene rings is 1. The Morgan fingerprint density at radius 1 is 1.16 bits per heavy atom. The molecule has 25 heavy (non-hydrogen) atoms. The molecule has 130 valence electrons. The number of hydrogen-bond donors (Lipinski definition) is 0. The Labute approximate surface area is 146 Å². The van der Waals surface area contributed by atoms with E-state index < -0.39 is 0 Å².